The zero-order chi connectivity index (χ0) is 26.5. The van der Waals surface area contributed by atoms with E-state index in [4.69, 9.17) is 4.12 Å². The Hall–Kier alpha value is -1.04. The molecule has 0 bridgehead atoms. The quantitative estimate of drug-likeness (QED) is 0.272. The van der Waals surface area contributed by atoms with Crippen LogP contribution in [0.25, 0.3) is 0 Å². The molecule has 0 aliphatic carbocycles. The van der Waals surface area contributed by atoms with E-state index >= 15 is 0 Å². The highest BCUT2D eigenvalue weighted by Crippen LogP contribution is 2.51. The van der Waals surface area contributed by atoms with E-state index in [2.05, 4.69) is 165 Å². The Labute approximate surface area is 235 Å². The fourth-order valence-corrected chi connectivity index (χ4v) is 14.3. The van der Waals surface area contributed by atoms with E-state index in [1.54, 1.807) is 0 Å². The Kier molecular flexibility index (Phi) is 11.6. The number of halogens is 1. The van der Waals surface area contributed by atoms with Gasteiger partial charge in [0.25, 0.3) is 0 Å². The van der Waals surface area contributed by atoms with E-state index in [1.807, 2.05) is 0 Å². The van der Waals surface area contributed by atoms with E-state index < -0.39 is 23.9 Å². The second-order valence-corrected chi connectivity index (χ2v) is 26.1. The number of hydrogen-bond donors (Lipinski definition) is 0. The van der Waals surface area contributed by atoms with Crippen LogP contribution in [0.5, 0.6) is 0 Å². The van der Waals surface area contributed by atoms with Gasteiger partial charge in [-0.3, -0.25) is 0 Å². The minimum Gasteiger partial charge on any atom is -1.00 e. The van der Waals surface area contributed by atoms with Crippen LogP contribution in [0.3, 0.4) is 0 Å². The summed E-state index contributed by atoms with van der Waals surface area (Å²) >= 11 is 0. The van der Waals surface area contributed by atoms with Gasteiger partial charge in [-0.05, 0) is 72.7 Å². The predicted molar refractivity (Wildman–Crippen MR) is 167 cm³/mol. The highest BCUT2D eigenvalue weighted by Gasteiger charge is 2.46. The van der Waals surface area contributed by atoms with Crippen LogP contribution < -0.4 is 32.9 Å². The second kappa shape index (κ2) is 12.7. The van der Waals surface area contributed by atoms with Crippen molar-refractivity contribution >= 4 is 39.8 Å². The Balaban J connectivity index is 0.000000367. The van der Waals surface area contributed by atoms with Crippen LogP contribution in [-0.4, -0.2) is 23.3 Å². The molecule has 3 aromatic rings. The number of benzene rings is 3. The van der Waals surface area contributed by atoms with Gasteiger partial charge in [0, 0.05) is 0 Å². The highest BCUT2D eigenvalue weighted by molar-refractivity contribution is 7.95. The number of hydrogen-bond acceptors (Lipinski definition) is 1. The van der Waals surface area contributed by atoms with Crippen molar-refractivity contribution < 1.29 is 21.1 Å². The lowest BCUT2D eigenvalue weighted by Gasteiger charge is -2.47. The SMILES string of the molecule is CC(C)(C)[Si](C)(C)O[Si](C)(C)C(C)(C)C.C[P+](c1ccccc1)(c1ccccc1)c1ccccc1.[Br-]. The minimum atomic E-state index is -1.59. The summed E-state index contributed by atoms with van der Waals surface area (Å²) in [4.78, 5) is 0. The molecule has 0 spiro atoms. The summed E-state index contributed by atoms with van der Waals surface area (Å²) in [5.74, 6) is 0. The maximum Gasteiger partial charge on any atom is 0.178 e. The Morgan fingerprint density at radius 2 is 0.722 bits per heavy atom. The van der Waals surface area contributed by atoms with Crippen molar-refractivity contribution in [3.05, 3.63) is 91.0 Å². The molecule has 0 aromatic heterocycles. The summed E-state index contributed by atoms with van der Waals surface area (Å²) in [5.41, 5.74) is 0. The molecular weight excluding hydrogens is 555 g/mol. The highest BCUT2D eigenvalue weighted by atomic mass is 79.9. The van der Waals surface area contributed by atoms with Crippen molar-refractivity contribution in [2.45, 2.75) is 77.8 Å². The van der Waals surface area contributed by atoms with Gasteiger partial charge >= 0.3 is 0 Å². The van der Waals surface area contributed by atoms with Gasteiger partial charge < -0.3 is 21.1 Å². The maximum absolute atomic E-state index is 6.63. The van der Waals surface area contributed by atoms with Gasteiger partial charge in [0.1, 0.15) is 23.2 Å². The van der Waals surface area contributed by atoms with Gasteiger partial charge in [0.15, 0.2) is 16.6 Å². The molecule has 0 saturated heterocycles. The van der Waals surface area contributed by atoms with Crippen LogP contribution in [-0.2, 0) is 4.12 Å². The molecule has 0 N–H and O–H groups in total. The van der Waals surface area contributed by atoms with Crippen LogP contribution in [0.15, 0.2) is 91.0 Å². The Morgan fingerprint density at radius 3 is 0.917 bits per heavy atom. The summed E-state index contributed by atoms with van der Waals surface area (Å²) in [5, 5.41) is 4.93. The van der Waals surface area contributed by atoms with Gasteiger partial charge in [-0.25, -0.2) is 0 Å². The van der Waals surface area contributed by atoms with Gasteiger partial charge in [0.2, 0.25) is 0 Å². The van der Waals surface area contributed by atoms with Crippen molar-refractivity contribution in [1.82, 2.24) is 0 Å². The molecule has 0 amide bonds. The van der Waals surface area contributed by atoms with Crippen molar-refractivity contribution in [2.24, 2.45) is 0 Å². The Morgan fingerprint density at radius 1 is 0.500 bits per heavy atom. The van der Waals surface area contributed by atoms with E-state index in [-0.39, 0.29) is 17.0 Å². The Bertz CT molecular complexity index is 920. The van der Waals surface area contributed by atoms with Gasteiger partial charge in [-0.15, -0.1) is 0 Å². The second-order valence-electron chi connectivity index (χ2n) is 12.6. The first-order chi connectivity index (χ1) is 16.0. The third-order valence-corrected chi connectivity index (χ3v) is 23.2. The predicted octanol–water partition coefficient (Wildman–Crippen LogP) is 5.63. The van der Waals surface area contributed by atoms with E-state index in [0.717, 1.165) is 0 Å². The average molecular weight is 604 g/mol. The molecule has 1 nitrogen and oxygen atoms in total. The average Bonchev–Trinajstić information content (AvgIpc) is 2.78. The summed E-state index contributed by atoms with van der Waals surface area (Å²) in [7, 11) is -4.70. The third kappa shape index (κ3) is 7.98. The fraction of sp³-hybridized carbons (Fsp3) is 0.419. The summed E-state index contributed by atoms with van der Waals surface area (Å²) < 4.78 is 6.63. The van der Waals surface area contributed by atoms with Crippen LogP contribution in [0.2, 0.25) is 36.3 Å². The largest absolute Gasteiger partial charge is 1.00 e. The molecule has 5 heteroatoms. The molecule has 36 heavy (non-hydrogen) atoms. The minimum absolute atomic E-state index is 0. The zero-order valence-corrected chi connectivity index (χ0v) is 28.9. The van der Waals surface area contributed by atoms with Crippen LogP contribution in [0.4, 0.5) is 0 Å². The molecule has 0 fully saturated rings. The van der Waals surface area contributed by atoms with Crippen molar-refractivity contribution in [1.29, 1.82) is 0 Å². The first-order valence-corrected chi connectivity index (χ1v) is 20.8. The summed E-state index contributed by atoms with van der Waals surface area (Å²) in [6.07, 6.45) is 0. The molecule has 0 radical (unpaired) electrons. The monoisotopic (exact) mass is 602 g/mol. The van der Waals surface area contributed by atoms with Gasteiger partial charge in [-0.2, -0.15) is 0 Å². The van der Waals surface area contributed by atoms with Gasteiger partial charge in [0.05, 0.1) is 6.66 Å². The molecule has 0 heterocycles. The lowest BCUT2D eigenvalue weighted by molar-refractivity contribution is -0.00000892. The molecule has 3 aromatic carbocycles. The number of rotatable bonds is 5. The van der Waals surface area contributed by atoms with E-state index in [1.165, 1.54) is 15.9 Å². The molecular formula is C31H48BrOPSi2. The maximum atomic E-state index is 6.63. The molecule has 0 aliphatic rings. The first kappa shape index (κ1) is 33.0. The fourth-order valence-electron chi connectivity index (χ4n) is 3.57. The molecule has 0 saturated carbocycles. The smallest absolute Gasteiger partial charge is 0.178 e. The van der Waals surface area contributed by atoms with Gasteiger partial charge in [-0.1, -0.05) is 96.1 Å². The summed E-state index contributed by atoms with van der Waals surface area (Å²) in [6.45, 7) is 25.7. The lowest BCUT2D eigenvalue weighted by Crippen LogP contribution is -3.00. The van der Waals surface area contributed by atoms with Crippen molar-refractivity contribution in [2.75, 3.05) is 6.66 Å². The zero-order valence-electron chi connectivity index (χ0n) is 24.4. The molecule has 198 valence electrons. The first-order valence-electron chi connectivity index (χ1n) is 12.8. The molecule has 3 rings (SSSR count). The van der Waals surface area contributed by atoms with Crippen molar-refractivity contribution in [3.63, 3.8) is 0 Å². The van der Waals surface area contributed by atoms with E-state index in [9.17, 15) is 0 Å². The topological polar surface area (TPSA) is 9.23 Å². The normalized spacial score (nSPS) is 12.8. The van der Waals surface area contributed by atoms with Crippen molar-refractivity contribution in [3.8, 4) is 0 Å². The van der Waals surface area contributed by atoms with Crippen LogP contribution in [0, 0.1) is 0 Å². The molecule has 0 aliphatic heterocycles. The summed E-state index contributed by atoms with van der Waals surface area (Å²) in [6, 6.07) is 32.6. The molecule has 0 unspecified atom stereocenters. The van der Waals surface area contributed by atoms with E-state index in [0.29, 0.717) is 10.1 Å². The lowest BCUT2D eigenvalue weighted by atomic mass is 10.2. The third-order valence-electron chi connectivity index (χ3n) is 7.94. The molecule has 0 atom stereocenters. The van der Waals surface area contributed by atoms with Crippen LogP contribution >= 0.6 is 7.26 Å². The van der Waals surface area contributed by atoms with Crippen LogP contribution in [0.1, 0.15) is 41.5 Å². The standard InChI is InChI=1S/C19H18P.C12H30OSi2.BrH/c1-20(17-11-5-2-6-12-17,18-13-7-3-8-14-18)19-15-9-4-10-16-19;1-11(2,3)14(7,8)13-15(9,10)12(4,5)6;/h2-16H,1H3;1-10H3;1H/q+1;;/p-1.